The van der Waals surface area contributed by atoms with Gasteiger partial charge in [-0.05, 0) is 17.5 Å². The number of halogens is 1. The summed E-state index contributed by atoms with van der Waals surface area (Å²) < 4.78 is 1.33. The molecule has 8 heteroatoms. The first kappa shape index (κ1) is 13.4. The zero-order valence-corrected chi connectivity index (χ0v) is 11.1. The number of carbonyl (C=O) groups is 1. The van der Waals surface area contributed by atoms with E-state index in [1.807, 2.05) is 13.8 Å². The maximum atomic E-state index is 11.2. The largest absolute Gasteiger partial charge is 0.480 e. The lowest BCUT2D eigenvalue weighted by Gasteiger charge is -2.15. The highest BCUT2D eigenvalue weighted by molar-refractivity contribution is 6.28. The van der Waals surface area contributed by atoms with E-state index >= 15 is 0 Å². The zero-order chi connectivity index (χ0) is 14.0. The van der Waals surface area contributed by atoms with Crippen molar-refractivity contribution in [1.82, 2.24) is 25.0 Å². The SMILES string of the molecule is CC(C)C(C(=O)O)n1cc(-c2cnc(Cl)nc2)nn1. The molecule has 0 fully saturated rings. The van der Waals surface area contributed by atoms with Crippen LogP contribution in [0.3, 0.4) is 0 Å². The van der Waals surface area contributed by atoms with Gasteiger partial charge in [-0.3, -0.25) is 0 Å². The third kappa shape index (κ3) is 2.87. The summed E-state index contributed by atoms with van der Waals surface area (Å²) in [5, 5.41) is 17.1. The Morgan fingerprint density at radius 1 is 1.37 bits per heavy atom. The molecule has 0 bridgehead atoms. The fourth-order valence-corrected chi connectivity index (χ4v) is 1.79. The second-order valence-corrected chi connectivity index (χ2v) is 4.69. The van der Waals surface area contributed by atoms with Gasteiger partial charge >= 0.3 is 5.97 Å². The zero-order valence-electron chi connectivity index (χ0n) is 10.4. The van der Waals surface area contributed by atoms with Crippen LogP contribution in [0.5, 0.6) is 0 Å². The van der Waals surface area contributed by atoms with Gasteiger partial charge in [0.2, 0.25) is 5.28 Å². The van der Waals surface area contributed by atoms with Crippen LogP contribution in [0.4, 0.5) is 0 Å². The molecule has 0 amide bonds. The lowest BCUT2D eigenvalue weighted by atomic mass is 10.1. The molecule has 100 valence electrons. The molecular formula is C11H12ClN5O2. The smallest absolute Gasteiger partial charge is 0.328 e. The lowest BCUT2D eigenvalue weighted by molar-refractivity contribution is -0.142. The van der Waals surface area contributed by atoms with Crippen LogP contribution in [0.15, 0.2) is 18.6 Å². The quantitative estimate of drug-likeness (QED) is 0.857. The summed E-state index contributed by atoms with van der Waals surface area (Å²) in [7, 11) is 0. The van der Waals surface area contributed by atoms with Crippen LogP contribution in [0.1, 0.15) is 19.9 Å². The third-order valence-electron chi connectivity index (χ3n) is 2.60. The number of carboxylic acids is 1. The van der Waals surface area contributed by atoms with Crippen LogP contribution in [-0.4, -0.2) is 36.0 Å². The van der Waals surface area contributed by atoms with Gasteiger partial charge in [0.25, 0.3) is 0 Å². The Hall–Kier alpha value is -2.02. The van der Waals surface area contributed by atoms with Gasteiger partial charge in [-0.15, -0.1) is 5.10 Å². The number of nitrogens with zero attached hydrogens (tertiary/aromatic N) is 5. The van der Waals surface area contributed by atoms with Crippen molar-refractivity contribution in [2.75, 3.05) is 0 Å². The van der Waals surface area contributed by atoms with E-state index in [4.69, 9.17) is 11.6 Å². The van der Waals surface area contributed by atoms with Crippen molar-refractivity contribution in [3.05, 3.63) is 23.9 Å². The fraction of sp³-hybridized carbons (Fsp3) is 0.364. The highest BCUT2D eigenvalue weighted by atomic mass is 35.5. The number of hydrogen-bond donors (Lipinski definition) is 1. The number of carboxylic acid groups (broad SMARTS) is 1. The Labute approximate surface area is 114 Å². The van der Waals surface area contributed by atoms with Gasteiger partial charge in [0.05, 0.1) is 6.20 Å². The first-order chi connectivity index (χ1) is 8.99. The molecule has 19 heavy (non-hydrogen) atoms. The molecule has 1 atom stereocenters. The second kappa shape index (κ2) is 5.31. The van der Waals surface area contributed by atoms with E-state index in [9.17, 15) is 9.90 Å². The van der Waals surface area contributed by atoms with Gasteiger partial charge in [-0.25, -0.2) is 19.4 Å². The van der Waals surface area contributed by atoms with E-state index in [2.05, 4.69) is 20.3 Å². The van der Waals surface area contributed by atoms with Gasteiger partial charge in [-0.1, -0.05) is 19.1 Å². The molecule has 2 heterocycles. The number of rotatable bonds is 4. The molecule has 2 aromatic heterocycles. The molecule has 1 N–H and O–H groups in total. The van der Waals surface area contributed by atoms with Gasteiger partial charge in [0.1, 0.15) is 5.69 Å². The van der Waals surface area contributed by atoms with Crippen molar-refractivity contribution in [2.24, 2.45) is 5.92 Å². The van der Waals surface area contributed by atoms with E-state index in [-0.39, 0.29) is 11.2 Å². The highest BCUT2D eigenvalue weighted by Crippen LogP contribution is 2.20. The van der Waals surface area contributed by atoms with Crippen molar-refractivity contribution in [3.8, 4) is 11.3 Å². The van der Waals surface area contributed by atoms with Crippen molar-refractivity contribution in [2.45, 2.75) is 19.9 Å². The number of hydrogen-bond acceptors (Lipinski definition) is 5. The Balaban J connectivity index is 2.32. The van der Waals surface area contributed by atoms with Crippen LogP contribution in [0.25, 0.3) is 11.3 Å². The van der Waals surface area contributed by atoms with E-state index in [1.54, 1.807) is 6.20 Å². The summed E-state index contributed by atoms with van der Waals surface area (Å²) in [6, 6.07) is -0.755. The molecule has 0 aliphatic rings. The average Bonchev–Trinajstić information content (AvgIpc) is 2.78. The summed E-state index contributed by atoms with van der Waals surface area (Å²) in [5.74, 6) is -1.05. The Kier molecular flexibility index (Phi) is 3.75. The maximum Gasteiger partial charge on any atom is 0.328 e. The molecule has 7 nitrogen and oxygen atoms in total. The number of aromatic nitrogens is 5. The molecule has 1 unspecified atom stereocenters. The molecule has 0 saturated heterocycles. The first-order valence-electron chi connectivity index (χ1n) is 5.61. The standard InChI is InChI=1S/C11H12ClN5O2/c1-6(2)9(10(18)19)17-5-8(15-16-17)7-3-13-11(12)14-4-7/h3-6,9H,1-2H3,(H,18,19). The second-order valence-electron chi connectivity index (χ2n) is 4.35. The van der Waals surface area contributed by atoms with Crippen molar-refractivity contribution < 1.29 is 9.90 Å². The molecule has 0 radical (unpaired) electrons. The first-order valence-corrected chi connectivity index (χ1v) is 5.99. The molecule has 2 rings (SSSR count). The predicted molar refractivity (Wildman–Crippen MR) is 67.6 cm³/mol. The van der Waals surface area contributed by atoms with Crippen molar-refractivity contribution in [3.63, 3.8) is 0 Å². The molecular weight excluding hydrogens is 270 g/mol. The topological polar surface area (TPSA) is 93.8 Å². The minimum absolute atomic E-state index is 0.103. The minimum atomic E-state index is -0.946. The van der Waals surface area contributed by atoms with E-state index in [0.29, 0.717) is 11.3 Å². The maximum absolute atomic E-state index is 11.2. The molecule has 0 saturated carbocycles. The minimum Gasteiger partial charge on any atom is -0.480 e. The fourth-order valence-electron chi connectivity index (χ4n) is 1.69. The predicted octanol–water partition coefficient (Wildman–Crippen LogP) is 1.67. The van der Waals surface area contributed by atoms with Crippen LogP contribution in [-0.2, 0) is 4.79 Å². The molecule has 2 aromatic rings. The van der Waals surface area contributed by atoms with E-state index in [0.717, 1.165) is 0 Å². The van der Waals surface area contributed by atoms with Crippen LogP contribution in [0.2, 0.25) is 5.28 Å². The Morgan fingerprint density at radius 3 is 2.53 bits per heavy atom. The summed E-state index contributed by atoms with van der Waals surface area (Å²) >= 11 is 5.60. The van der Waals surface area contributed by atoms with E-state index < -0.39 is 12.0 Å². The van der Waals surface area contributed by atoms with Gasteiger partial charge in [0, 0.05) is 18.0 Å². The summed E-state index contributed by atoms with van der Waals surface area (Å²) in [5.41, 5.74) is 1.13. The van der Waals surface area contributed by atoms with Crippen LogP contribution < -0.4 is 0 Å². The highest BCUT2D eigenvalue weighted by Gasteiger charge is 2.25. The van der Waals surface area contributed by atoms with Crippen molar-refractivity contribution >= 4 is 17.6 Å². The average molecular weight is 282 g/mol. The monoisotopic (exact) mass is 281 g/mol. The Morgan fingerprint density at radius 2 is 2.00 bits per heavy atom. The molecule has 0 aliphatic carbocycles. The van der Waals surface area contributed by atoms with E-state index in [1.165, 1.54) is 17.1 Å². The van der Waals surface area contributed by atoms with Gasteiger partial charge < -0.3 is 5.11 Å². The third-order valence-corrected chi connectivity index (χ3v) is 2.79. The molecule has 0 spiro atoms. The van der Waals surface area contributed by atoms with Crippen LogP contribution >= 0.6 is 11.6 Å². The summed E-state index contributed by atoms with van der Waals surface area (Å²) in [6.45, 7) is 3.62. The molecule has 0 aromatic carbocycles. The number of aliphatic carboxylic acids is 1. The van der Waals surface area contributed by atoms with Crippen LogP contribution in [0, 0.1) is 5.92 Å². The van der Waals surface area contributed by atoms with Crippen molar-refractivity contribution in [1.29, 1.82) is 0 Å². The van der Waals surface area contributed by atoms with Gasteiger partial charge in [-0.2, -0.15) is 0 Å². The van der Waals surface area contributed by atoms with Gasteiger partial charge in [0.15, 0.2) is 6.04 Å². The molecule has 0 aliphatic heterocycles. The normalized spacial score (nSPS) is 12.6. The lowest BCUT2D eigenvalue weighted by Crippen LogP contribution is -2.24. The summed E-state index contributed by atoms with van der Waals surface area (Å²) in [4.78, 5) is 18.9. The summed E-state index contributed by atoms with van der Waals surface area (Å²) in [6.07, 6.45) is 4.58. The Bertz CT molecular complexity index is 581.